The van der Waals surface area contributed by atoms with E-state index in [-0.39, 0.29) is 5.75 Å². The fourth-order valence-electron chi connectivity index (χ4n) is 2.42. The molecule has 5 atom stereocenters. The SMILES string of the molecule is C=CC(=O)Nc1ccc(O[C@@H]2O[C@H](CO)[C@@H](O)[C@H](O)[C@H]2NS(=O)(=O)O)cc1. The van der Waals surface area contributed by atoms with E-state index in [1.807, 2.05) is 0 Å². The lowest BCUT2D eigenvalue weighted by Crippen LogP contribution is -2.65. The number of nitrogens with one attached hydrogen (secondary N) is 2. The van der Waals surface area contributed by atoms with E-state index < -0.39 is 53.5 Å². The van der Waals surface area contributed by atoms with Crippen LogP contribution in [0, 0.1) is 0 Å². The summed E-state index contributed by atoms with van der Waals surface area (Å²) in [6.07, 6.45) is -4.97. The third-order valence-electron chi connectivity index (χ3n) is 3.73. The Morgan fingerprint density at radius 2 is 1.89 bits per heavy atom. The first-order valence-corrected chi connectivity index (χ1v) is 9.16. The summed E-state index contributed by atoms with van der Waals surface area (Å²) in [5.41, 5.74) is 0.438. The summed E-state index contributed by atoms with van der Waals surface area (Å²) in [6, 6.07) is 4.27. The molecular weight excluding hydrogens is 384 g/mol. The number of benzene rings is 1. The number of amides is 1. The van der Waals surface area contributed by atoms with Crippen LogP contribution in [0.3, 0.4) is 0 Å². The summed E-state index contributed by atoms with van der Waals surface area (Å²) in [6.45, 7) is 2.66. The van der Waals surface area contributed by atoms with Crippen molar-refractivity contribution in [2.75, 3.05) is 11.9 Å². The average molecular weight is 404 g/mol. The highest BCUT2D eigenvalue weighted by molar-refractivity contribution is 7.83. The van der Waals surface area contributed by atoms with Crippen LogP contribution in [0.1, 0.15) is 0 Å². The van der Waals surface area contributed by atoms with Gasteiger partial charge in [-0.05, 0) is 30.3 Å². The molecule has 0 bridgehead atoms. The smallest absolute Gasteiger partial charge is 0.333 e. The molecule has 6 N–H and O–H groups in total. The van der Waals surface area contributed by atoms with Crippen LogP contribution >= 0.6 is 0 Å². The quantitative estimate of drug-likeness (QED) is 0.231. The van der Waals surface area contributed by atoms with Crippen molar-refractivity contribution in [1.29, 1.82) is 0 Å². The Balaban J connectivity index is 2.18. The molecule has 1 aromatic carbocycles. The zero-order valence-corrected chi connectivity index (χ0v) is 14.7. The van der Waals surface area contributed by atoms with Crippen LogP contribution in [-0.4, -0.2) is 71.4 Å². The summed E-state index contributed by atoms with van der Waals surface area (Å²) in [7, 11) is -4.75. The van der Waals surface area contributed by atoms with Gasteiger partial charge in [0.25, 0.3) is 0 Å². The van der Waals surface area contributed by atoms with Crippen LogP contribution in [0.4, 0.5) is 5.69 Å². The van der Waals surface area contributed by atoms with Crippen molar-refractivity contribution in [2.45, 2.75) is 30.6 Å². The van der Waals surface area contributed by atoms with Crippen molar-refractivity contribution in [3.05, 3.63) is 36.9 Å². The van der Waals surface area contributed by atoms with E-state index in [1.165, 1.54) is 24.3 Å². The van der Waals surface area contributed by atoms with Crippen LogP contribution in [0.5, 0.6) is 5.75 Å². The first-order valence-electron chi connectivity index (χ1n) is 7.72. The largest absolute Gasteiger partial charge is 0.463 e. The molecule has 1 fully saturated rings. The molecule has 150 valence electrons. The number of aliphatic hydroxyl groups is 3. The summed E-state index contributed by atoms with van der Waals surface area (Å²) >= 11 is 0. The number of rotatable bonds is 7. The molecule has 0 aliphatic carbocycles. The van der Waals surface area contributed by atoms with Gasteiger partial charge in [0.2, 0.25) is 12.2 Å². The van der Waals surface area contributed by atoms with E-state index in [4.69, 9.17) is 14.0 Å². The molecule has 0 radical (unpaired) electrons. The van der Waals surface area contributed by atoms with Crippen molar-refractivity contribution >= 4 is 21.9 Å². The minimum absolute atomic E-state index is 0.166. The molecule has 12 heteroatoms. The highest BCUT2D eigenvalue weighted by Crippen LogP contribution is 2.25. The Bertz CT molecular complexity index is 768. The molecule has 0 aromatic heterocycles. The van der Waals surface area contributed by atoms with Crippen LogP contribution < -0.4 is 14.8 Å². The number of carbonyl (C=O) groups excluding carboxylic acids is 1. The predicted molar refractivity (Wildman–Crippen MR) is 92.1 cm³/mol. The third-order valence-corrected chi connectivity index (χ3v) is 4.30. The summed E-state index contributed by atoms with van der Waals surface area (Å²) in [5.74, 6) is -0.251. The Labute approximate surface area is 155 Å². The molecule has 2 rings (SSSR count). The molecule has 1 aromatic rings. The van der Waals surface area contributed by atoms with Gasteiger partial charge in [0, 0.05) is 5.69 Å². The zero-order chi connectivity index (χ0) is 20.2. The monoisotopic (exact) mass is 404 g/mol. The van der Waals surface area contributed by atoms with E-state index in [0.29, 0.717) is 5.69 Å². The van der Waals surface area contributed by atoms with Crippen LogP contribution in [0.2, 0.25) is 0 Å². The highest BCUT2D eigenvalue weighted by Gasteiger charge is 2.47. The van der Waals surface area contributed by atoms with E-state index in [0.717, 1.165) is 6.08 Å². The molecule has 11 nitrogen and oxygen atoms in total. The van der Waals surface area contributed by atoms with E-state index in [1.54, 1.807) is 4.72 Å². The molecule has 1 amide bonds. The van der Waals surface area contributed by atoms with Crippen molar-refractivity contribution in [3.8, 4) is 5.75 Å². The maximum absolute atomic E-state index is 11.3. The second-order valence-electron chi connectivity index (χ2n) is 5.66. The molecule has 0 unspecified atom stereocenters. The Kier molecular flexibility index (Phi) is 6.89. The Hall–Kier alpha value is -2.06. The number of aliphatic hydroxyl groups excluding tert-OH is 3. The molecular formula is C15H20N2O9S. The van der Waals surface area contributed by atoms with Crippen molar-refractivity contribution in [3.63, 3.8) is 0 Å². The number of hydrogen-bond acceptors (Lipinski definition) is 8. The standard InChI is InChI=1S/C15H20N2O9S/c1-2-11(19)16-8-3-5-9(6-4-8)25-15-12(17-27(22,23)24)14(21)13(20)10(7-18)26-15/h2-6,10,12-15,17-18,20-21H,1,7H2,(H,16,19)(H,22,23,24)/t10-,12-,13-,14-,15-/m1/s1. The molecule has 1 aliphatic heterocycles. The van der Waals surface area contributed by atoms with Crippen LogP contribution in [0.15, 0.2) is 36.9 Å². The first kappa shape index (κ1) is 21.2. The Morgan fingerprint density at radius 3 is 2.41 bits per heavy atom. The lowest BCUT2D eigenvalue weighted by Gasteiger charge is -2.41. The summed E-state index contributed by atoms with van der Waals surface area (Å²) < 4.78 is 43.7. The normalized spacial score (nSPS) is 28.4. The molecule has 1 aliphatic rings. The van der Waals surface area contributed by atoms with Gasteiger partial charge in [0.05, 0.1) is 6.61 Å². The van der Waals surface area contributed by atoms with Crippen LogP contribution in [-0.2, 0) is 19.8 Å². The van der Waals surface area contributed by atoms with E-state index in [9.17, 15) is 28.5 Å². The van der Waals surface area contributed by atoms with Gasteiger partial charge in [0.1, 0.15) is 30.1 Å². The molecule has 27 heavy (non-hydrogen) atoms. The predicted octanol–water partition coefficient (Wildman–Crippen LogP) is -1.61. The van der Waals surface area contributed by atoms with Gasteiger partial charge in [-0.15, -0.1) is 0 Å². The van der Waals surface area contributed by atoms with Crippen molar-refractivity contribution in [1.82, 2.24) is 4.72 Å². The van der Waals surface area contributed by atoms with E-state index >= 15 is 0 Å². The topological polar surface area (TPSA) is 175 Å². The van der Waals surface area contributed by atoms with Crippen molar-refractivity contribution in [2.24, 2.45) is 0 Å². The number of carbonyl (C=O) groups is 1. The van der Waals surface area contributed by atoms with Gasteiger partial charge in [-0.2, -0.15) is 13.1 Å². The maximum atomic E-state index is 11.3. The lowest BCUT2D eigenvalue weighted by molar-refractivity contribution is -0.242. The minimum atomic E-state index is -4.75. The van der Waals surface area contributed by atoms with Gasteiger partial charge in [0.15, 0.2) is 0 Å². The average Bonchev–Trinajstić information content (AvgIpc) is 2.61. The van der Waals surface area contributed by atoms with Gasteiger partial charge in [-0.1, -0.05) is 6.58 Å². The van der Waals surface area contributed by atoms with Gasteiger partial charge in [-0.25, -0.2) is 0 Å². The summed E-state index contributed by atoms with van der Waals surface area (Å²) in [5, 5.41) is 31.7. The van der Waals surface area contributed by atoms with Crippen molar-refractivity contribution < 1.29 is 42.6 Å². The second-order valence-corrected chi connectivity index (χ2v) is 6.85. The number of anilines is 1. The maximum Gasteiger partial charge on any atom is 0.333 e. The van der Waals surface area contributed by atoms with Crippen LogP contribution in [0.25, 0.3) is 0 Å². The van der Waals surface area contributed by atoms with E-state index in [2.05, 4.69) is 11.9 Å². The van der Waals surface area contributed by atoms with Gasteiger partial charge in [-0.3, -0.25) is 9.35 Å². The molecule has 0 spiro atoms. The second kappa shape index (κ2) is 8.75. The summed E-state index contributed by atoms with van der Waals surface area (Å²) in [4.78, 5) is 11.3. The third kappa shape index (κ3) is 5.71. The number of hydrogen-bond donors (Lipinski definition) is 6. The fourth-order valence-corrected chi connectivity index (χ4v) is 3.02. The fraction of sp³-hybridized carbons (Fsp3) is 0.400. The van der Waals surface area contributed by atoms with Gasteiger partial charge < -0.3 is 30.1 Å². The Morgan fingerprint density at radius 1 is 1.26 bits per heavy atom. The zero-order valence-electron chi connectivity index (χ0n) is 13.9. The number of ether oxygens (including phenoxy) is 2. The lowest BCUT2D eigenvalue weighted by atomic mass is 9.98. The minimum Gasteiger partial charge on any atom is -0.463 e. The van der Waals surface area contributed by atoms with Gasteiger partial charge >= 0.3 is 10.3 Å². The highest BCUT2D eigenvalue weighted by atomic mass is 32.2. The first-order chi connectivity index (χ1) is 12.6. The molecule has 1 heterocycles. The molecule has 0 saturated carbocycles. The molecule has 1 saturated heterocycles.